The molecule has 128 valence electrons. The number of halogens is 1. The summed E-state index contributed by atoms with van der Waals surface area (Å²) in [5, 5.41) is 10.2. The summed E-state index contributed by atoms with van der Waals surface area (Å²) in [6.07, 6.45) is 0. The summed E-state index contributed by atoms with van der Waals surface area (Å²) in [4.78, 5) is 11.9. The Labute approximate surface area is 152 Å². The maximum atomic E-state index is 11.9. The van der Waals surface area contributed by atoms with Crippen LogP contribution in [-0.2, 0) is 4.79 Å². The Morgan fingerprint density at radius 3 is 2.64 bits per heavy atom. The van der Waals surface area contributed by atoms with E-state index in [1.54, 1.807) is 31.4 Å². The summed E-state index contributed by atoms with van der Waals surface area (Å²) in [6, 6.07) is 14.3. The molecule has 2 aromatic carbocycles. The third-order valence-electron chi connectivity index (χ3n) is 3.17. The molecule has 1 amide bonds. The third kappa shape index (κ3) is 4.57. The van der Waals surface area contributed by atoms with Crippen LogP contribution in [0.2, 0.25) is 0 Å². The minimum Gasteiger partial charge on any atom is -0.497 e. The fourth-order valence-corrected chi connectivity index (χ4v) is 2.39. The minimum atomic E-state index is -0.403. The van der Waals surface area contributed by atoms with Gasteiger partial charge < -0.3 is 13.9 Å². The van der Waals surface area contributed by atoms with Gasteiger partial charge in [0.05, 0.1) is 7.11 Å². The van der Waals surface area contributed by atoms with Crippen molar-refractivity contribution in [1.82, 2.24) is 10.2 Å². The zero-order valence-electron chi connectivity index (χ0n) is 13.2. The highest BCUT2D eigenvalue weighted by Gasteiger charge is 2.12. The second-order valence-corrected chi connectivity index (χ2v) is 5.85. The molecule has 25 heavy (non-hydrogen) atoms. The number of nitrogens with one attached hydrogen (secondary N) is 1. The first-order valence-electron chi connectivity index (χ1n) is 7.30. The number of rotatable bonds is 6. The van der Waals surface area contributed by atoms with E-state index in [-0.39, 0.29) is 12.6 Å². The number of hydrogen-bond acceptors (Lipinski definition) is 6. The summed E-state index contributed by atoms with van der Waals surface area (Å²) in [6.45, 7) is -0.180. The van der Waals surface area contributed by atoms with E-state index in [0.717, 1.165) is 10.0 Å². The molecular weight excluding hydrogens is 390 g/mol. The van der Waals surface area contributed by atoms with E-state index >= 15 is 0 Å². The van der Waals surface area contributed by atoms with Gasteiger partial charge in [-0.05, 0) is 42.5 Å². The molecule has 0 bridgehead atoms. The largest absolute Gasteiger partial charge is 0.497 e. The van der Waals surface area contributed by atoms with Crippen LogP contribution in [0.5, 0.6) is 11.5 Å². The van der Waals surface area contributed by atoms with Crippen molar-refractivity contribution in [2.45, 2.75) is 0 Å². The van der Waals surface area contributed by atoms with Gasteiger partial charge in [-0.25, -0.2) is 0 Å². The molecular formula is C17H14BrN3O4. The lowest BCUT2D eigenvalue weighted by molar-refractivity contribution is -0.118. The van der Waals surface area contributed by atoms with Crippen molar-refractivity contribution in [3.63, 3.8) is 0 Å². The molecule has 0 aliphatic heterocycles. The van der Waals surface area contributed by atoms with E-state index < -0.39 is 5.91 Å². The van der Waals surface area contributed by atoms with Gasteiger partial charge in [0.25, 0.3) is 5.91 Å². The molecule has 7 nitrogen and oxygen atoms in total. The monoisotopic (exact) mass is 403 g/mol. The van der Waals surface area contributed by atoms with Crippen molar-refractivity contribution in [3.8, 4) is 23.0 Å². The molecule has 0 radical (unpaired) electrons. The van der Waals surface area contributed by atoms with Crippen LogP contribution in [0.4, 0.5) is 6.01 Å². The standard InChI is InChI=1S/C17H14BrN3O4/c1-23-13-5-7-14(8-6-13)24-10-15(22)19-17-21-20-16(25-17)11-3-2-4-12(18)9-11/h2-9H,10H2,1H3,(H,19,21,22). The fraction of sp³-hybridized carbons (Fsp3) is 0.118. The van der Waals surface area contributed by atoms with Crippen LogP contribution >= 0.6 is 15.9 Å². The number of amides is 1. The Morgan fingerprint density at radius 2 is 1.92 bits per heavy atom. The summed E-state index contributed by atoms with van der Waals surface area (Å²) in [5.41, 5.74) is 0.747. The molecule has 3 aromatic rings. The Balaban J connectivity index is 1.56. The summed E-state index contributed by atoms with van der Waals surface area (Å²) < 4.78 is 16.8. The first-order chi connectivity index (χ1) is 12.1. The van der Waals surface area contributed by atoms with Gasteiger partial charge in [-0.3, -0.25) is 10.1 Å². The van der Waals surface area contributed by atoms with Crippen molar-refractivity contribution < 1.29 is 18.7 Å². The van der Waals surface area contributed by atoms with Crippen LogP contribution in [0.15, 0.2) is 57.4 Å². The number of anilines is 1. The van der Waals surface area contributed by atoms with Crippen molar-refractivity contribution in [2.24, 2.45) is 0 Å². The Morgan fingerprint density at radius 1 is 1.16 bits per heavy atom. The number of carbonyl (C=O) groups excluding carboxylic acids is 1. The van der Waals surface area contributed by atoms with E-state index in [1.165, 1.54) is 0 Å². The number of carbonyl (C=O) groups is 1. The summed E-state index contributed by atoms with van der Waals surface area (Å²) >= 11 is 3.37. The lowest BCUT2D eigenvalue weighted by Gasteiger charge is -2.06. The van der Waals surface area contributed by atoms with E-state index in [4.69, 9.17) is 13.9 Å². The minimum absolute atomic E-state index is 0.0123. The topological polar surface area (TPSA) is 86.5 Å². The molecule has 0 aliphatic rings. The van der Waals surface area contributed by atoms with E-state index in [9.17, 15) is 4.79 Å². The zero-order chi connectivity index (χ0) is 17.6. The summed E-state index contributed by atoms with van der Waals surface area (Å²) in [7, 11) is 1.58. The molecule has 3 rings (SSSR count). The Hall–Kier alpha value is -2.87. The summed E-state index contributed by atoms with van der Waals surface area (Å²) in [5.74, 6) is 1.17. The van der Waals surface area contributed by atoms with Gasteiger partial charge in [0.2, 0.25) is 5.89 Å². The first-order valence-corrected chi connectivity index (χ1v) is 8.09. The lowest BCUT2D eigenvalue weighted by Crippen LogP contribution is -2.20. The molecule has 1 aromatic heterocycles. The van der Waals surface area contributed by atoms with Crippen molar-refractivity contribution in [2.75, 3.05) is 19.0 Å². The van der Waals surface area contributed by atoms with Gasteiger partial charge >= 0.3 is 6.01 Å². The van der Waals surface area contributed by atoms with E-state index in [1.807, 2.05) is 24.3 Å². The number of benzene rings is 2. The van der Waals surface area contributed by atoms with Crippen LogP contribution in [-0.4, -0.2) is 29.8 Å². The number of aromatic nitrogens is 2. The molecule has 0 fully saturated rings. The maximum absolute atomic E-state index is 11.9. The Bertz CT molecular complexity index is 864. The average molecular weight is 404 g/mol. The van der Waals surface area contributed by atoms with Crippen LogP contribution in [0.3, 0.4) is 0 Å². The highest BCUT2D eigenvalue weighted by atomic mass is 79.9. The number of hydrogen-bond donors (Lipinski definition) is 1. The molecule has 0 unspecified atom stereocenters. The van der Waals surface area contributed by atoms with Gasteiger partial charge in [0.15, 0.2) is 6.61 Å². The number of nitrogens with zero attached hydrogens (tertiary/aromatic N) is 2. The highest BCUT2D eigenvalue weighted by Crippen LogP contribution is 2.23. The second kappa shape index (κ2) is 7.80. The fourth-order valence-electron chi connectivity index (χ4n) is 1.99. The first kappa shape index (κ1) is 17.0. The maximum Gasteiger partial charge on any atom is 0.322 e. The van der Waals surface area contributed by atoms with Gasteiger partial charge in [-0.1, -0.05) is 27.1 Å². The lowest BCUT2D eigenvalue weighted by atomic mass is 10.2. The third-order valence-corrected chi connectivity index (χ3v) is 3.67. The van der Waals surface area contributed by atoms with Gasteiger partial charge in [0, 0.05) is 10.0 Å². The average Bonchev–Trinajstić information content (AvgIpc) is 3.09. The van der Waals surface area contributed by atoms with Crippen LogP contribution in [0, 0.1) is 0 Å². The van der Waals surface area contributed by atoms with Gasteiger partial charge in [0.1, 0.15) is 11.5 Å². The molecule has 0 aliphatic carbocycles. The second-order valence-electron chi connectivity index (χ2n) is 4.94. The predicted octanol–water partition coefficient (Wildman–Crippen LogP) is 3.53. The zero-order valence-corrected chi connectivity index (χ0v) is 14.8. The van der Waals surface area contributed by atoms with Crippen molar-refractivity contribution in [3.05, 3.63) is 53.0 Å². The van der Waals surface area contributed by atoms with Crippen LogP contribution < -0.4 is 14.8 Å². The molecule has 1 N–H and O–H groups in total. The molecule has 0 atom stereocenters. The highest BCUT2D eigenvalue weighted by molar-refractivity contribution is 9.10. The van der Waals surface area contributed by atoms with Gasteiger partial charge in [-0.15, -0.1) is 5.10 Å². The smallest absolute Gasteiger partial charge is 0.322 e. The molecule has 0 spiro atoms. The molecule has 1 heterocycles. The molecule has 0 saturated carbocycles. The Kier molecular flexibility index (Phi) is 5.30. The quantitative estimate of drug-likeness (QED) is 0.677. The van der Waals surface area contributed by atoms with Crippen molar-refractivity contribution >= 4 is 27.9 Å². The predicted molar refractivity (Wildman–Crippen MR) is 94.6 cm³/mol. The molecule has 8 heteroatoms. The van der Waals surface area contributed by atoms with E-state index in [0.29, 0.717) is 17.4 Å². The molecule has 0 saturated heterocycles. The number of ether oxygens (including phenoxy) is 2. The normalized spacial score (nSPS) is 10.3. The van der Waals surface area contributed by atoms with Crippen LogP contribution in [0.25, 0.3) is 11.5 Å². The van der Waals surface area contributed by atoms with Gasteiger partial charge in [-0.2, -0.15) is 0 Å². The SMILES string of the molecule is COc1ccc(OCC(=O)Nc2nnc(-c3cccc(Br)c3)o2)cc1. The van der Waals surface area contributed by atoms with E-state index in [2.05, 4.69) is 31.4 Å². The van der Waals surface area contributed by atoms with Crippen molar-refractivity contribution in [1.29, 1.82) is 0 Å². The number of methoxy groups -OCH3 is 1. The van der Waals surface area contributed by atoms with Crippen LogP contribution in [0.1, 0.15) is 0 Å².